The summed E-state index contributed by atoms with van der Waals surface area (Å²) >= 11 is 0. The normalized spacial score (nSPS) is 27.7. The van der Waals surface area contributed by atoms with E-state index in [-0.39, 0.29) is 25.0 Å². The highest BCUT2D eigenvalue weighted by molar-refractivity contribution is 5.96. The Bertz CT molecular complexity index is 465. The average molecular weight is 204 g/mol. The fraction of sp³-hybridized carbons (Fsp3) is 0.273. The molecular formula is C11H8O4. The molecule has 1 saturated heterocycles. The zero-order valence-electron chi connectivity index (χ0n) is 7.86. The van der Waals surface area contributed by atoms with Crippen molar-refractivity contribution in [2.45, 2.75) is 12.0 Å². The van der Waals surface area contributed by atoms with Crippen LogP contribution in [0.4, 0.5) is 0 Å². The van der Waals surface area contributed by atoms with Gasteiger partial charge in [-0.2, -0.15) is 0 Å². The molecular weight excluding hydrogens is 196 g/mol. The molecule has 3 rings (SSSR count). The molecule has 0 radical (unpaired) electrons. The molecule has 0 aromatic heterocycles. The summed E-state index contributed by atoms with van der Waals surface area (Å²) in [7, 11) is 0. The molecule has 15 heavy (non-hydrogen) atoms. The van der Waals surface area contributed by atoms with Crippen LogP contribution in [0.5, 0.6) is 0 Å². The average Bonchev–Trinajstić information content (AvgIpc) is 2.72. The number of carbonyl (C=O) groups is 2. The van der Waals surface area contributed by atoms with Crippen molar-refractivity contribution in [3.8, 4) is 0 Å². The van der Waals surface area contributed by atoms with Gasteiger partial charge in [0.25, 0.3) is 0 Å². The fourth-order valence-electron chi connectivity index (χ4n) is 2.12. The van der Waals surface area contributed by atoms with Crippen LogP contribution in [0.25, 0.3) is 0 Å². The van der Waals surface area contributed by atoms with Gasteiger partial charge in [-0.1, -0.05) is 18.2 Å². The second kappa shape index (κ2) is 2.59. The molecule has 2 aliphatic rings. The van der Waals surface area contributed by atoms with E-state index >= 15 is 0 Å². The van der Waals surface area contributed by atoms with Crippen LogP contribution < -0.4 is 0 Å². The predicted molar refractivity (Wildman–Crippen MR) is 49.1 cm³/mol. The van der Waals surface area contributed by atoms with Gasteiger partial charge in [-0.25, -0.2) is 4.79 Å². The molecule has 4 nitrogen and oxygen atoms in total. The Morgan fingerprint density at radius 3 is 2.73 bits per heavy atom. The molecule has 0 N–H and O–H groups in total. The molecule has 0 aliphatic carbocycles. The van der Waals surface area contributed by atoms with E-state index in [0.29, 0.717) is 5.56 Å². The maximum Gasteiger partial charge on any atom is 0.339 e. The van der Waals surface area contributed by atoms with Crippen molar-refractivity contribution in [1.82, 2.24) is 0 Å². The monoisotopic (exact) mass is 204 g/mol. The predicted octanol–water partition coefficient (Wildman–Crippen LogP) is 0.999. The van der Waals surface area contributed by atoms with Crippen LogP contribution in [0.2, 0.25) is 0 Å². The lowest BCUT2D eigenvalue weighted by molar-refractivity contribution is -0.137. The molecule has 1 unspecified atom stereocenters. The number of ether oxygens (including phenoxy) is 2. The largest absolute Gasteiger partial charge is 0.461 e. The first-order valence-corrected chi connectivity index (χ1v) is 4.70. The van der Waals surface area contributed by atoms with Crippen molar-refractivity contribution in [3.05, 3.63) is 35.4 Å². The van der Waals surface area contributed by atoms with E-state index in [9.17, 15) is 9.59 Å². The summed E-state index contributed by atoms with van der Waals surface area (Å²) in [5.41, 5.74) is 0.446. The lowest BCUT2D eigenvalue weighted by Gasteiger charge is -2.18. The van der Waals surface area contributed by atoms with Crippen molar-refractivity contribution in [1.29, 1.82) is 0 Å². The lowest BCUT2D eigenvalue weighted by Crippen LogP contribution is -2.26. The van der Waals surface area contributed by atoms with Crippen LogP contribution in [0.15, 0.2) is 24.3 Å². The summed E-state index contributed by atoms with van der Waals surface area (Å²) in [5, 5.41) is 0. The topological polar surface area (TPSA) is 52.6 Å². The Labute approximate surface area is 85.8 Å². The second-order valence-corrected chi connectivity index (χ2v) is 3.77. The van der Waals surface area contributed by atoms with E-state index < -0.39 is 5.60 Å². The van der Waals surface area contributed by atoms with Crippen molar-refractivity contribution in [3.63, 3.8) is 0 Å². The highest BCUT2D eigenvalue weighted by atomic mass is 16.6. The lowest BCUT2D eigenvalue weighted by atomic mass is 9.92. The van der Waals surface area contributed by atoms with E-state index in [4.69, 9.17) is 9.47 Å². The highest BCUT2D eigenvalue weighted by Crippen LogP contribution is 2.42. The Morgan fingerprint density at radius 2 is 2.00 bits per heavy atom. The number of carbonyl (C=O) groups excluding carboxylic acids is 2. The first kappa shape index (κ1) is 8.47. The zero-order chi connectivity index (χ0) is 10.5. The fourth-order valence-corrected chi connectivity index (χ4v) is 2.12. The number of esters is 2. The van der Waals surface area contributed by atoms with Gasteiger partial charge in [0.1, 0.15) is 6.61 Å². The van der Waals surface area contributed by atoms with Gasteiger partial charge in [0.05, 0.1) is 12.0 Å². The summed E-state index contributed by atoms with van der Waals surface area (Å²) < 4.78 is 10.1. The molecule has 1 fully saturated rings. The van der Waals surface area contributed by atoms with Crippen LogP contribution in [0.3, 0.4) is 0 Å². The third-order valence-corrected chi connectivity index (χ3v) is 2.82. The minimum atomic E-state index is -0.856. The first-order valence-electron chi connectivity index (χ1n) is 4.70. The van der Waals surface area contributed by atoms with Gasteiger partial charge in [-0.05, 0) is 6.07 Å². The minimum Gasteiger partial charge on any atom is -0.461 e. The molecule has 0 bridgehead atoms. The summed E-state index contributed by atoms with van der Waals surface area (Å²) in [6.45, 7) is 0.134. The van der Waals surface area contributed by atoms with Gasteiger partial charge < -0.3 is 9.47 Å². The Kier molecular flexibility index (Phi) is 1.46. The molecule has 0 amide bonds. The highest BCUT2D eigenvalue weighted by Gasteiger charge is 2.51. The number of fused-ring (bicyclic) bond motifs is 2. The van der Waals surface area contributed by atoms with E-state index in [2.05, 4.69) is 0 Å². The smallest absolute Gasteiger partial charge is 0.339 e. The molecule has 76 valence electrons. The van der Waals surface area contributed by atoms with E-state index in [0.717, 1.165) is 5.56 Å². The standard InChI is InChI=1S/C11H8O4/c12-9-5-11(6-14-9)8-4-2-1-3-7(8)10(13)15-11/h1-4H,5-6H2. The molecule has 0 saturated carbocycles. The second-order valence-electron chi connectivity index (χ2n) is 3.77. The number of benzene rings is 1. The molecule has 2 aliphatic heterocycles. The van der Waals surface area contributed by atoms with Crippen LogP contribution in [0, 0.1) is 0 Å². The third kappa shape index (κ3) is 1.02. The van der Waals surface area contributed by atoms with E-state index in [1.807, 2.05) is 12.1 Å². The zero-order valence-corrected chi connectivity index (χ0v) is 7.86. The van der Waals surface area contributed by atoms with Crippen LogP contribution >= 0.6 is 0 Å². The number of rotatable bonds is 0. The number of hydrogen-bond acceptors (Lipinski definition) is 4. The maximum atomic E-state index is 11.5. The van der Waals surface area contributed by atoms with Crippen LogP contribution in [-0.4, -0.2) is 18.5 Å². The number of hydrogen-bond donors (Lipinski definition) is 0. The summed E-state index contributed by atoms with van der Waals surface area (Å²) in [5.74, 6) is -0.691. The van der Waals surface area contributed by atoms with Crippen molar-refractivity contribution < 1.29 is 19.1 Å². The van der Waals surface area contributed by atoms with Gasteiger partial charge in [0.15, 0.2) is 5.60 Å². The van der Waals surface area contributed by atoms with Crippen LogP contribution in [-0.2, 0) is 19.9 Å². The summed E-state index contributed by atoms with van der Waals surface area (Å²) in [4.78, 5) is 22.7. The van der Waals surface area contributed by atoms with E-state index in [1.165, 1.54) is 0 Å². The van der Waals surface area contributed by atoms with Crippen LogP contribution in [0.1, 0.15) is 22.3 Å². The number of cyclic esters (lactones) is 1. The molecule has 1 spiro atoms. The SMILES string of the molecule is O=C1CC2(CO1)OC(=O)c1ccccc12. The van der Waals surface area contributed by atoms with Crippen molar-refractivity contribution in [2.24, 2.45) is 0 Å². The van der Waals surface area contributed by atoms with Gasteiger partial charge in [-0.15, -0.1) is 0 Å². The van der Waals surface area contributed by atoms with E-state index in [1.54, 1.807) is 12.1 Å². The molecule has 1 aromatic carbocycles. The Balaban J connectivity index is 2.16. The minimum absolute atomic E-state index is 0.121. The van der Waals surface area contributed by atoms with Gasteiger partial charge >= 0.3 is 11.9 Å². The first-order chi connectivity index (χ1) is 7.21. The maximum absolute atomic E-state index is 11.5. The van der Waals surface area contributed by atoms with Gasteiger partial charge in [-0.3, -0.25) is 4.79 Å². The van der Waals surface area contributed by atoms with Crippen molar-refractivity contribution >= 4 is 11.9 Å². The molecule has 2 heterocycles. The molecule has 1 atom stereocenters. The summed E-state index contributed by atoms with van der Waals surface area (Å²) in [6.07, 6.45) is 0.121. The Morgan fingerprint density at radius 1 is 1.20 bits per heavy atom. The molecule has 4 heteroatoms. The van der Waals surface area contributed by atoms with Gasteiger partial charge in [0.2, 0.25) is 0 Å². The molecule has 1 aromatic rings. The quantitative estimate of drug-likeness (QED) is 0.591. The Hall–Kier alpha value is -1.84. The van der Waals surface area contributed by atoms with Crippen molar-refractivity contribution in [2.75, 3.05) is 6.61 Å². The summed E-state index contributed by atoms with van der Waals surface area (Å²) in [6, 6.07) is 7.11. The third-order valence-electron chi connectivity index (χ3n) is 2.82. The van der Waals surface area contributed by atoms with Gasteiger partial charge in [0, 0.05) is 5.56 Å².